The van der Waals surface area contributed by atoms with Crippen molar-refractivity contribution in [3.63, 3.8) is 0 Å². The van der Waals surface area contributed by atoms with E-state index in [1.54, 1.807) is 11.8 Å². The van der Waals surface area contributed by atoms with Gasteiger partial charge in [0.05, 0.1) is 0 Å². The van der Waals surface area contributed by atoms with E-state index in [1.807, 2.05) is 12.1 Å². The molecule has 1 fully saturated rings. The first-order valence-electron chi connectivity index (χ1n) is 6.50. The van der Waals surface area contributed by atoms with Crippen LogP contribution in [0.1, 0.15) is 31.1 Å². The number of hydrogen-bond acceptors (Lipinski definition) is 5. The van der Waals surface area contributed by atoms with Crippen molar-refractivity contribution in [2.45, 2.75) is 36.1 Å². The summed E-state index contributed by atoms with van der Waals surface area (Å²) in [7, 11) is 0. The van der Waals surface area contributed by atoms with E-state index in [2.05, 4.69) is 28.5 Å². The molecule has 1 aliphatic rings. The number of nitrogens with zero attached hydrogens (tertiary/aromatic N) is 2. The molecule has 100 valence electrons. The summed E-state index contributed by atoms with van der Waals surface area (Å²) >= 11 is 1.72. The van der Waals surface area contributed by atoms with Gasteiger partial charge < -0.3 is 10.3 Å². The van der Waals surface area contributed by atoms with Crippen molar-refractivity contribution in [1.82, 2.24) is 10.1 Å². The smallest absolute Gasteiger partial charge is 0.230 e. The van der Waals surface area contributed by atoms with Gasteiger partial charge >= 0.3 is 0 Å². The molecular weight excluding hydrogens is 258 g/mol. The SMILES string of the molecule is CSc1ccc(-c2noc([C@@H]3CC[C@H](N)C3)n2)cc1. The van der Waals surface area contributed by atoms with Crippen molar-refractivity contribution in [1.29, 1.82) is 0 Å². The van der Waals surface area contributed by atoms with Gasteiger partial charge in [-0.1, -0.05) is 5.16 Å². The zero-order valence-corrected chi connectivity index (χ0v) is 11.7. The van der Waals surface area contributed by atoms with Crippen molar-refractivity contribution in [2.75, 3.05) is 6.26 Å². The zero-order chi connectivity index (χ0) is 13.2. The lowest BCUT2D eigenvalue weighted by Gasteiger charge is -2.01. The number of aromatic nitrogens is 2. The zero-order valence-electron chi connectivity index (χ0n) is 10.9. The van der Waals surface area contributed by atoms with Gasteiger partial charge in [0.1, 0.15) is 0 Å². The standard InChI is InChI=1S/C14H17N3OS/c1-19-12-6-3-9(4-7-12)13-16-14(18-17-13)10-2-5-11(15)8-10/h3-4,6-7,10-11H,2,5,8,15H2,1H3/t10-,11+/m1/s1. The van der Waals surface area contributed by atoms with Crippen LogP contribution in [0.3, 0.4) is 0 Å². The van der Waals surface area contributed by atoms with Gasteiger partial charge in [0.15, 0.2) is 0 Å². The van der Waals surface area contributed by atoms with Crippen LogP contribution in [-0.2, 0) is 0 Å². The molecule has 2 atom stereocenters. The molecule has 0 amide bonds. The van der Waals surface area contributed by atoms with Crippen molar-refractivity contribution in [2.24, 2.45) is 5.73 Å². The molecule has 1 aromatic carbocycles. The molecule has 4 nitrogen and oxygen atoms in total. The van der Waals surface area contributed by atoms with E-state index in [9.17, 15) is 0 Å². The number of nitrogens with two attached hydrogens (primary N) is 1. The summed E-state index contributed by atoms with van der Waals surface area (Å²) in [6.45, 7) is 0. The average molecular weight is 275 g/mol. The monoisotopic (exact) mass is 275 g/mol. The van der Waals surface area contributed by atoms with E-state index in [4.69, 9.17) is 10.3 Å². The summed E-state index contributed by atoms with van der Waals surface area (Å²) in [5, 5.41) is 4.08. The van der Waals surface area contributed by atoms with E-state index < -0.39 is 0 Å². The maximum Gasteiger partial charge on any atom is 0.230 e. The lowest BCUT2D eigenvalue weighted by molar-refractivity contribution is 0.353. The minimum Gasteiger partial charge on any atom is -0.339 e. The van der Waals surface area contributed by atoms with Crippen LogP contribution in [0.4, 0.5) is 0 Å². The Morgan fingerprint density at radius 3 is 2.68 bits per heavy atom. The third-order valence-corrected chi connectivity index (χ3v) is 4.36. The van der Waals surface area contributed by atoms with Gasteiger partial charge in [-0.3, -0.25) is 0 Å². The van der Waals surface area contributed by atoms with Gasteiger partial charge in [-0.2, -0.15) is 4.98 Å². The fourth-order valence-electron chi connectivity index (χ4n) is 2.50. The van der Waals surface area contributed by atoms with Crippen LogP contribution < -0.4 is 5.73 Å². The van der Waals surface area contributed by atoms with Crippen LogP contribution in [0, 0.1) is 0 Å². The summed E-state index contributed by atoms with van der Waals surface area (Å²) < 4.78 is 5.39. The highest BCUT2D eigenvalue weighted by Crippen LogP contribution is 2.33. The summed E-state index contributed by atoms with van der Waals surface area (Å²) in [5.41, 5.74) is 6.92. The highest BCUT2D eigenvalue weighted by Gasteiger charge is 2.27. The molecule has 0 unspecified atom stereocenters. The van der Waals surface area contributed by atoms with E-state index in [0.717, 1.165) is 30.7 Å². The van der Waals surface area contributed by atoms with Gasteiger partial charge in [0.2, 0.25) is 11.7 Å². The lowest BCUT2D eigenvalue weighted by Crippen LogP contribution is -2.14. The van der Waals surface area contributed by atoms with Gasteiger partial charge in [0.25, 0.3) is 0 Å². The maximum atomic E-state index is 5.92. The third kappa shape index (κ3) is 2.67. The second-order valence-electron chi connectivity index (χ2n) is 4.95. The van der Waals surface area contributed by atoms with Gasteiger partial charge in [-0.15, -0.1) is 11.8 Å². The molecule has 0 aliphatic heterocycles. The number of rotatable bonds is 3. The van der Waals surface area contributed by atoms with E-state index in [1.165, 1.54) is 4.90 Å². The highest BCUT2D eigenvalue weighted by molar-refractivity contribution is 7.98. The van der Waals surface area contributed by atoms with Crippen LogP contribution in [0.15, 0.2) is 33.7 Å². The summed E-state index contributed by atoms with van der Waals surface area (Å²) in [4.78, 5) is 5.74. The topological polar surface area (TPSA) is 64.9 Å². The minimum atomic E-state index is 0.279. The molecule has 0 bridgehead atoms. The third-order valence-electron chi connectivity index (χ3n) is 3.61. The van der Waals surface area contributed by atoms with E-state index in [-0.39, 0.29) is 6.04 Å². The number of thioether (sulfide) groups is 1. The molecule has 2 N–H and O–H groups in total. The minimum absolute atomic E-state index is 0.279. The molecule has 0 radical (unpaired) electrons. The first-order chi connectivity index (χ1) is 9.26. The fourth-order valence-corrected chi connectivity index (χ4v) is 2.91. The fraction of sp³-hybridized carbons (Fsp3) is 0.429. The number of hydrogen-bond donors (Lipinski definition) is 1. The predicted molar refractivity (Wildman–Crippen MR) is 76.1 cm³/mol. The van der Waals surface area contributed by atoms with E-state index >= 15 is 0 Å². The second kappa shape index (κ2) is 5.35. The van der Waals surface area contributed by atoms with Crippen molar-refractivity contribution < 1.29 is 4.52 Å². The molecule has 1 aromatic heterocycles. The first-order valence-corrected chi connectivity index (χ1v) is 7.72. The molecule has 3 rings (SSSR count). The summed E-state index contributed by atoms with van der Waals surface area (Å²) in [5.74, 6) is 1.74. The maximum absolute atomic E-state index is 5.92. The molecule has 19 heavy (non-hydrogen) atoms. The molecule has 1 aliphatic carbocycles. The lowest BCUT2D eigenvalue weighted by atomic mass is 10.1. The number of benzene rings is 1. The summed E-state index contributed by atoms with van der Waals surface area (Å²) in [6, 6.07) is 8.48. The van der Waals surface area contributed by atoms with Crippen LogP contribution in [0.5, 0.6) is 0 Å². The Morgan fingerprint density at radius 1 is 1.26 bits per heavy atom. The average Bonchev–Trinajstić information content (AvgIpc) is 3.07. The normalized spacial score (nSPS) is 22.8. The van der Waals surface area contributed by atoms with Crippen LogP contribution in [0.2, 0.25) is 0 Å². The van der Waals surface area contributed by atoms with Crippen LogP contribution in [-0.4, -0.2) is 22.4 Å². The highest BCUT2D eigenvalue weighted by atomic mass is 32.2. The Labute approximate surface area is 116 Å². The van der Waals surface area contributed by atoms with Crippen molar-refractivity contribution in [3.8, 4) is 11.4 Å². The summed E-state index contributed by atoms with van der Waals surface area (Å²) in [6.07, 6.45) is 5.11. The van der Waals surface area contributed by atoms with Gasteiger partial charge in [0, 0.05) is 22.4 Å². The molecule has 0 saturated heterocycles. The molecule has 5 heteroatoms. The predicted octanol–water partition coefficient (Wildman–Crippen LogP) is 3.05. The Balaban J connectivity index is 1.80. The van der Waals surface area contributed by atoms with Gasteiger partial charge in [-0.25, -0.2) is 0 Å². The second-order valence-corrected chi connectivity index (χ2v) is 5.83. The van der Waals surface area contributed by atoms with Crippen molar-refractivity contribution >= 4 is 11.8 Å². The molecule has 0 spiro atoms. The Hall–Kier alpha value is -1.33. The Morgan fingerprint density at radius 2 is 2.05 bits per heavy atom. The Bertz CT molecular complexity index is 552. The quantitative estimate of drug-likeness (QED) is 0.872. The van der Waals surface area contributed by atoms with E-state index in [0.29, 0.717) is 11.7 Å². The largest absolute Gasteiger partial charge is 0.339 e. The molecular formula is C14H17N3OS. The van der Waals surface area contributed by atoms with Crippen LogP contribution >= 0.6 is 11.8 Å². The molecule has 1 saturated carbocycles. The first kappa shape index (κ1) is 12.7. The molecule has 2 aromatic rings. The molecule has 1 heterocycles. The van der Waals surface area contributed by atoms with Crippen molar-refractivity contribution in [3.05, 3.63) is 30.2 Å². The van der Waals surface area contributed by atoms with Crippen LogP contribution in [0.25, 0.3) is 11.4 Å². The Kier molecular flexibility index (Phi) is 3.57. The van der Waals surface area contributed by atoms with Gasteiger partial charge in [-0.05, 0) is 49.8 Å².